The van der Waals surface area contributed by atoms with E-state index in [2.05, 4.69) is 15.0 Å². The van der Waals surface area contributed by atoms with Gasteiger partial charge in [-0.3, -0.25) is 9.36 Å². The lowest BCUT2D eigenvalue weighted by Crippen LogP contribution is -2.25. The van der Waals surface area contributed by atoms with Crippen molar-refractivity contribution in [1.29, 1.82) is 0 Å². The Hall–Kier alpha value is -1.75. The summed E-state index contributed by atoms with van der Waals surface area (Å²) in [6.45, 7) is 5.68. The summed E-state index contributed by atoms with van der Waals surface area (Å²) >= 11 is 5.87. The molecule has 0 aliphatic heterocycles. The molecule has 0 aliphatic carbocycles. The molecule has 0 aromatic carbocycles. The highest BCUT2D eigenvalue weighted by atomic mass is 35.5. The van der Waals surface area contributed by atoms with Gasteiger partial charge in [0.2, 0.25) is 0 Å². The van der Waals surface area contributed by atoms with Crippen LogP contribution in [0.3, 0.4) is 0 Å². The van der Waals surface area contributed by atoms with Crippen LogP contribution in [0.4, 0.5) is 0 Å². The average molecular weight is 265 g/mol. The maximum atomic E-state index is 11.9. The van der Waals surface area contributed by atoms with E-state index in [1.807, 2.05) is 6.92 Å². The molecule has 0 bridgehead atoms. The molecule has 0 N–H and O–H groups in total. The van der Waals surface area contributed by atoms with Crippen LogP contribution in [-0.2, 0) is 6.54 Å². The van der Waals surface area contributed by atoms with Crippen LogP contribution in [0.15, 0.2) is 16.9 Å². The molecular weight excluding hydrogens is 252 g/mol. The van der Waals surface area contributed by atoms with Crippen molar-refractivity contribution < 1.29 is 0 Å². The SMILES string of the molecule is Cc1cc(Cl)nc(Cn2c(C)nc(C)cc2=O)n1. The topological polar surface area (TPSA) is 60.7 Å². The largest absolute Gasteiger partial charge is 0.289 e. The summed E-state index contributed by atoms with van der Waals surface area (Å²) in [6, 6.07) is 3.17. The highest BCUT2D eigenvalue weighted by molar-refractivity contribution is 6.29. The number of nitrogens with zero attached hydrogens (tertiary/aromatic N) is 4. The molecule has 2 aromatic heterocycles. The first-order valence-electron chi connectivity index (χ1n) is 5.51. The molecule has 2 heterocycles. The Morgan fingerprint density at radius 2 is 1.78 bits per heavy atom. The third-order valence-electron chi connectivity index (χ3n) is 2.50. The molecule has 94 valence electrons. The smallest absolute Gasteiger partial charge is 0.254 e. The summed E-state index contributed by atoms with van der Waals surface area (Å²) in [6.07, 6.45) is 0. The third kappa shape index (κ3) is 2.73. The maximum Gasteiger partial charge on any atom is 0.254 e. The van der Waals surface area contributed by atoms with Gasteiger partial charge < -0.3 is 0 Å². The molecule has 0 unspecified atom stereocenters. The van der Waals surface area contributed by atoms with Crippen molar-refractivity contribution in [3.05, 3.63) is 50.7 Å². The van der Waals surface area contributed by atoms with Gasteiger partial charge in [0.15, 0.2) is 0 Å². The fraction of sp³-hybridized carbons (Fsp3) is 0.333. The average Bonchev–Trinajstić information content (AvgIpc) is 2.22. The van der Waals surface area contributed by atoms with Crippen molar-refractivity contribution >= 4 is 11.6 Å². The molecule has 0 spiro atoms. The van der Waals surface area contributed by atoms with E-state index in [1.54, 1.807) is 19.9 Å². The summed E-state index contributed by atoms with van der Waals surface area (Å²) in [4.78, 5) is 24.5. The lowest BCUT2D eigenvalue weighted by Gasteiger charge is -2.09. The summed E-state index contributed by atoms with van der Waals surface area (Å²) in [7, 11) is 0. The lowest BCUT2D eigenvalue weighted by molar-refractivity contribution is 0.662. The second-order valence-electron chi connectivity index (χ2n) is 4.12. The zero-order valence-corrected chi connectivity index (χ0v) is 11.2. The van der Waals surface area contributed by atoms with Gasteiger partial charge in [-0.2, -0.15) is 0 Å². The van der Waals surface area contributed by atoms with Crippen LogP contribution in [0.2, 0.25) is 5.15 Å². The van der Waals surface area contributed by atoms with Gasteiger partial charge in [0.1, 0.15) is 16.8 Å². The molecule has 2 aromatic rings. The lowest BCUT2D eigenvalue weighted by atomic mass is 10.4. The monoisotopic (exact) mass is 264 g/mol. The molecule has 0 atom stereocenters. The minimum absolute atomic E-state index is 0.110. The number of aromatic nitrogens is 4. The van der Waals surface area contributed by atoms with Gasteiger partial charge in [0.25, 0.3) is 5.56 Å². The van der Waals surface area contributed by atoms with Gasteiger partial charge in [0, 0.05) is 17.5 Å². The van der Waals surface area contributed by atoms with E-state index in [1.165, 1.54) is 10.6 Å². The highest BCUT2D eigenvalue weighted by Crippen LogP contribution is 2.07. The summed E-state index contributed by atoms with van der Waals surface area (Å²) in [5.74, 6) is 1.15. The quantitative estimate of drug-likeness (QED) is 0.774. The van der Waals surface area contributed by atoms with Gasteiger partial charge in [0.05, 0.1) is 6.54 Å². The Morgan fingerprint density at radius 3 is 2.39 bits per heavy atom. The first kappa shape index (κ1) is 12.7. The van der Waals surface area contributed by atoms with E-state index >= 15 is 0 Å². The molecule has 18 heavy (non-hydrogen) atoms. The molecule has 6 heteroatoms. The fourth-order valence-electron chi connectivity index (χ4n) is 1.76. The van der Waals surface area contributed by atoms with Crippen LogP contribution >= 0.6 is 11.6 Å². The molecule has 5 nitrogen and oxygen atoms in total. The first-order chi connectivity index (χ1) is 8.45. The zero-order chi connectivity index (χ0) is 13.3. The van der Waals surface area contributed by atoms with Crippen LogP contribution in [0.25, 0.3) is 0 Å². The van der Waals surface area contributed by atoms with Crippen molar-refractivity contribution in [1.82, 2.24) is 19.5 Å². The second-order valence-corrected chi connectivity index (χ2v) is 4.50. The Morgan fingerprint density at radius 1 is 1.11 bits per heavy atom. The number of hydrogen-bond donors (Lipinski definition) is 0. The van der Waals surface area contributed by atoms with Crippen molar-refractivity contribution in [3.63, 3.8) is 0 Å². The minimum atomic E-state index is -0.110. The van der Waals surface area contributed by atoms with Crippen molar-refractivity contribution in [3.8, 4) is 0 Å². The second kappa shape index (κ2) is 4.86. The van der Waals surface area contributed by atoms with Gasteiger partial charge in [-0.25, -0.2) is 15.0 Å². The number of rotatable bonds is 2. The number of halogens is 1. The molecule has 0 amide bonds. The van der Waals surface area contributed by atoms with Crippen LogP contribution in [-0.4, -0.2) is 19.5 Å². The van der Waals surface area contributed by atoms with Crippen molar-refractivity contribution in [2.24, 2.45) is 0 Å². The highest BCUT2D eigenvalue weighted by Gasteiger charge is 2.07. The minimum Gasteiger partial charge on any atom is -0.289 e. The molecule has 0 aliphatic rings. The Labute approximate surface area is 110 Å². The first-order valence-corrected chi connectivity index (χ1v) is 5.88. The van der Waals surface area contributed by atoms with Crippen molar-refractivity contribution in [2.45, 2.75) is 27.3 Å². The van der Waals surface area contributed by atoms with Gasteiger partial charge in [-0.05, 0) is 26.8 Å². The summed E-state index contributed by atoms with van der Waals surface area (Å²) in [5, 5.41) is 0.378. The molecule has 0 saturated carbocycles. The van der Waals surface area contributed by atoms with Gasteiger partial charge in [-0.1, -0.05) is 11.6 Å². The Kier molecular flexibility index (Phi) is 3.43. The van der Waals surface area contributed by atoms with Gasteiger partial charge in [-0.15, -0.1) is 0 Å². The van der Waals surface area contributed by atoms with E-state index < -0.39 is 0 Å². The number of aryl methyl sites for hydroxylation is 3. The maximum absolute atomic E-state index is 11.9. The molecule has 0 saturated heterocycles. The summed E-state index contributed by atoms with van der Waals surface area (Å²) in [5.41, 5.74) is 1.37. The van der Waals surface area contributed by atoms with Crippen LogP contribution in [0.1, 0.15) is 23.0 Å². The van der Waals surface area contributed by atoms with Crippen LogP contribution in [0, 0.1) is 20.8 Å². The molecular formula is C12H13ClN4O. The predicted molar refractivity (Wildman–Crippen MR) is 68.9 cm³/mol. The molecule has 0 fully saturated rings. The van der Waals surface area contributed by atoms with E-state index in [0.717, 1.165) is 5.69 Å². The van der Waals surface area contributed by atoms with E-state index in [-0.39, 0.29) is 12.1 Å². The van der Waals surface area contributed by atoms with Crippen LogP contribution < -0.4 is 5.56 Å². The van der Waals surface area contributed by atoms with Crippen molar-refractivity contribution in [2.75, 3.05) is 0 Å². The standard InChI is InChI=1S/C12H13ClN4O/c1-7-4-10(13)16-11(15-7)6-17-9(3)14-8(2)5-12(17)18/h4-5H,6H2,1-3H3. The van der Waals surface area contributed by atoms with Crippen LogP contribution in [0.5, 0.6) is 0 Å². The van der Waals surface area contributed by atoms with Gasteiger partial charge >= 0.3 is 0 Å². The zero-order valence-electron chi connectivity index (χ0n) is 10.4. The molecule has 0 radical (unpaired) electrons. The van der Waals surface area contributed by atoms with E-state index in [0.29, 0.717) is 22.5 Å². The normalized spacial score (nSPS) is 10.7. The van der Waals surface area contributed by atoms with E-state index in [9.17, 15) is 4.79 Å². The number of hydrogen-bond acceptors (Lipinski definition) is 4. The third-order valence-corrected chi connectivity index (χ3v) is 2.69. The Balaban J connectivity index is 2.43. The van der Waals surface area contributed by atoms with E-state index in [4.69, 9.17) is 11.6 Å². The Bertz CT molecular complexity index is 631. The fourth-order valence-corrected chi connectivity index (χ4v) is 2.01. The molecule has 2 rings (SSSR count). The summed E-state index contributed by atoms with van der Waals surface area (Å²) < 4.78 is 1.53. The predicted octanol–water partition coefficient (Wildman–Crippen LogP) is 1.66.